The first-order valence-corrected chi connectivity index (χ1v) is 8.74. The van der Waals surface area contributed by atoms with Gasteiger partial charge in [0.2, 0.25) is 5.91 Å². The first kappa shape index (κ1) is 19.5. The van der Waals surface area contributed by atoms with Gasteiger partial charge in [-0.2, -0.15) is 0 Å². The van der Waals surface area contributed by atoms with Crippen LogP contribution in [0.1, 0.15) is 54.7 Å². The van der Waals surface area contributed by atoms with Crippen molar-refractivity contribution in [2.75, 3.05) is 0 Å². The number of aryl methyl sites for hydroxylation is 1. The largest absolute Gasteiger partial charge is 0.491 e. The molecule has 1 atom stereocenters. The minimum atomic E-state index is -0.974. The number of carbonyl (C=O) groups excluding carboxylic acids is 1. The lowest BCUT2D eigenvalue weighted by molar-refractivity contribution is -0.121. The molecule has 2 aromatic carbocycles. The number of carbonyl (C=O) groups is 2. The van der Waals surface area contributed by atoms with Crippen LogP contribution in [0.2, 0.25) is 0 Å². The molecule has 0 heterocycles. The molecule has 0 aliphatic carbocycles. The molecule has 2 rings (SSSR count). The number of carboxylic acids is 1. The molecule has 0 saturated heterocycles. The summed E-state index contributed by atoms with van der Waals surface area (Å²) in [6.07, 6.45) is 0.748. The van der Waals surface area contributed by atoms with Crippen LogP contribution in [-0.2, 0) is 11.2 Å². The van der Waals surface area contributed by atoms with Gasteiger partial charge in [0.05, 0.1) is 17.7 Å². The molecule has 0 saturated carbocycles. The second kappa shape index (κ2) is 9.04. The molecule has 0 radical (unpaired) electrons. The molecule has 0 aromatic heterocycles. The summed E-state index contributed by atoms with van der Waals surface area (Å²) in [7, 11) is 0. The summed E-state index contributed by atoms with van der Waals surface area (Å²) in [5, 5.41) is 12.1. The fourth-order valence-corrected chi connectivity index (χ4v) is 2.70. The monoisotopic (exact) mass is 355 g/mol. The molecule has 0 aliphatic heterocycles. The van der Waals surface area contributed by atoms with Gasteiger partial charge < -0.3 is 15.2 Å². The van der Waals surface area contributed by atoms with Crippen molar-refractivity contribution in [2.24, 2.45) is 0 Å². The minimum absolute atomic E-state index is 0.111. The van der Waals surface area contributed by atoms with Crippen molar-refractivity contribution in [2.45, 2.75) is 45.8 Å². The highest BCUT2D eigenvalue weighted by atomic mass is 16.5. The Morgan fingerprint density at radius 2 is 1.69 bits per heavy atom. The number of aromatic carboxylic acids is 1. The Morgan fingerprint density at radius 1 is 1.04 bits per heavy atom. The van der Waals surface area contributed by atoms with E-state index in [1.807, 2.05) is 45.0 Å². The molecule has 0 fully saturated rings. The normalized spacial score (nSPS) is 11.8. The van der Waals surface area contributed by atoms with E-state index in [2.05, 4.69) is 5.32 Å². The highest BCUT2D eigenvalue weighted by molar-refractivity contribution is 5.89. The van der Waals surface area contributed by atoms with Gasteiger partial charge in [-0.3, -0.25) is 4.79 Å². The number of hydrogen-bond donors (Lipinski definition) is 2. The van der Waals surface area contributed by atoms with Crippen LogP contribution in [0.4, 0.5) is 0 Å². The average Bonchev–Trinajstić information content (AvgIpc) is 2.60. The molecule has 0 spiro atoms. The summed E-state index contributed by atoms with van der Waals surface area (Å²) in [6.45, 7) is 5.86. The van der Waals surface area contributed by atoms with Gasteiger partial charge in [0.25, 0.3) is 0 Å². The maximum absolute atomic E-state index is 12.2. The first-order valence-electron chi connectivity index (χ1n) is 8.74. The van der Waals surface area contributed by atoms with Gasteiger partial charge in [0.15, 0.2) is 0 Å². The van der Waals surface area contributed by atoms with Crippen molar-refractivity contribution in [3.05, 3.63) is 65.2 Å². The van der Waals surface area contributed by atoms with Crippen LogP contribution >= 0.6 is 0 Å². The Morgan fingerprint density at radius 3 is 2.31 bits per heavy atom. The summed E-state index contributed by atoms with van der Waals surface area (Å²) in [5.74, 6) is -0.286. The summed E-state index contributed by atoms with van der Waals surface area (Å²) in [5.41, 5.74) is 1.90. The Hall–Kier alpha value is -2.82. The third kappa shape index (κ3) is 5.62. The quantitative estimate of drug-likeness (QED) is 0.751. The topological polar surface area (TPSA) is 75.6 Å². The van der Waals surface area contributed by atoms with Gasteiger partial charge in [0.1, 0.15) is 5.75 Å². The molecule has 5 heteroatoms. The van der Waals surface area contributed by atoms with Crippen LogP contribution in [0.15, 0.2) is 48.5 Å². The average molecular weight is 355 g/mol. The molecular formula is C21H25NO4. The van der Waals surface area contributed by atoms with Crippen molar-refractivity contribution in [3.8, 4) is 5.75 Å². The first-order chi connectivity index (χ1) is 12.4. The van der Waals surface area contributed by atoms with Crippen molar-refractivity contribution in [1.82, 2.24) is 5.32 Å². The van der Waals surface area contributed by atoms with E-state index in [9.17, 15) is 14.7 Å². The Kier molecular flexibility index (Phi) is 6.78. The zero-order valence-corrected chi connectivity index (χ0v) is 15.4. The molecule has 2 aromatic rings. The van der Waals surface area contributed by atoms with Crippen LogP contribution in [0.5, 0.6) is 5.75 Å². The van der Waals surface area contributed by atoms with Crippen molar-refractivity contribution < 1.29 is 19.4 Å². The van der Waals surface area contributed by atoms with Crippen LogP contribution in [0, 0.1) is 0 Å². The molecule has 0 aliphatic rings. The van der Waals surface area contributed by atoms with Crippen molar-refractivity contribution >= 4 is 11.9 Å². The third-order valence-electron chi connectivity index (χ3n) is 4.00. The van der Waals surface area contributed by atoms with Crippen molar-refractivity contribution in [1.29, 1.82) is 0 Å². The van der Waals surface area contributed by atoms with Crippen LogP contribution in [0.3, 0.4) is 0 Å². The maximum Gasteiger partial charge on any atom is 0.335 e. The molecule has 138 valence electrons. The van der Waals surface area contributed by atoms with E-state index in [1.54, 1.807) is 24.3 Å². The molecular weight excluding hydrogens is 330 g/mol. The van der Waals surface area contributed by atoms with Crippen molar-refractivity contribution in [3.63, 3.8) is 0 Å². The summed E-state index contributed by atoms with van der Waals surface area (Å²) in [4.78, 5) is 23.4. The van der Waals surface area contributed by atoms with Gasteiger partial charge in [-0.25, -0.2) is 4.79 Å². The van der Waals surface area contributed by atoms with E-state index in [0.717, 1.165) is 11.3 Å². The second-order valence-electron chi connectivity index (χ2n) is 6.49. The third-order valence-corrected chi connectivity index (χ3v) is 4.00. The fraction of sp³-hybridized carbons (Fsp3) is 0.333. The number of hydrogen-bond acceptors (Lipinski definition) is 3. The van der Waals surface area contributed by atoms with Gasteiger partial charge >= 0.3 is 5.97 Å². The molecule has 2 N–H and O–H groups in total. The predicted octanol–water partition coefficient (Wildman–Crippen LogP) is 3.98. The number of nitrogens with one attached hydrogen (secondary N) is 1. The number of carboxylic acid groups (broad SMARTS) is 1. The Balaban J connectivity index is 1.90. The molecule has 1 amide bonds. The lowest BCUT2D eigenvalue weighted by Crippen LogP contribution is -2.27. The Labute approximate surface area is 154 Å². The summed E-state index contributed by atoms with van der Waals surface area (Å²) < 4.78 is 5.61. The predicted molar refractivity (Wildman–Crippen MR) is 100 cm³/mol. The van der Waals surface area contributed by atoms with Crippen LogP contribution in [0.25, 0.3) is 0 Å². The highest BCUT2D eigenvalue weighted by Gasteiger charge is 2.13. The fourth-order valence-electron chi connectivity index (χ4n) is 2.70. The number of amides is 1. The van der Waals surface area contributed by atoms with Gasteiger partial charge in [-0.1, -0.05) is 30.3 Å². The minimum Gasteiger partial charge on any atom is -0.491 e. The standard InChI is InChI=1S/C21H25NO4/c1-14(2)26-18-11-8-16(9-12-18)15(3)22-20(23)13-10-17-6-4-5-7-19(17)21(24)25/h4-9,11-12,14-15H,10,13H2,1-3H3,(H,22,23)(H,24,25). The number of benzene rings is 2. The molecule has 26 heavy (non-hydrogen) atoms. The van der Waals surface area contributed by atoms with E-state index in [-0.39, 0.29) is 30.0 Å². The molecule has 1 unspecified atom stereocenters. The zero-order chi connectivity index (χ0) is 19.1. The lowest BCUT2D eigenvalue weighted by atomic mass is 10.0. The van der Waals surface area contributed by atoms with E-state index in [0.29, 0.717) is 12.0 Å². The van der Waals surface area contributed by atoms with E-state index >= 15 is 0 Å². The summed E-state index contributed by atoms with van der Waals surface area (Å²) in [6, 6.07) is 14.3. The lowest BCUT2D eigenvalue weighted by Gasteiger charge is -2.16. The second-order valence-corrected chi connectivity index (χ2v) is 6.49. The Bertz CT molecular complexity index is 753. The smallest absolute Gasteiger partial charge is 0.335 e. The van der Waals surface area contributed by atoms with Gasteiger partial charge in [-0.05, 0) is 56.5 Å². The van der Waals surface area contributed by atoms with Gasteiger partial charge in [-0.15, -0.1) is 0 Å². The molecule has 0 bridgehead atoms. The summed E-state index contributed by atoms with van der Waals surface area (Å²) >= 11 is 0. The molecule has 5 nitrogen and oxygen atoms in total. The van der Waals surface area contributed by atoms with E-state index in [4.69, 9.17) is 4.74 Å². The SMILES string of the molecule is CC(C)Oc1ccc(C(C)NC(=O)CCc2ccccc2C(=O)O)cc1. The number of rotatable bonds is 8. The van der Waals surface area contributed by atoms with E-state index < -0.39 is 5.97 Å². The number of ether oxygens (including phenoxy) is 1. The zero-order valence-electron chi connectivity index (χ0n) is 15.4. The van der Waals surface area contributed by atoms with Gasteiger partial charge in [0, 0.05) is 6.42 Å². The van der Waals surface area contributed by atoms with Crippen LogP contribution in [-0.4, -0.2) is 23.1 Å². The highest BCUT2D eigenvalue weighted by Crippen LogP contribution is 2.19. The maximum atomic E-state index is 12.2. The van der Waals surface area contributed by atoms with E-state index in [1.165, 1.54) is 0 Å². The van der Waals surface area contributed by atoms with Crippen LogP contribution < -0.4 is 10.1 Å².